The molecule has 0 fully saturated rings. The van der Waals surface area contributed by atoms with Gasteiger partial charge in [0.05, 0.1) is 5.60 Å². The molecule has 0 bridgehead atoms. The van der Waals surface area contributed by atoms with Crippen LogP contribution in [0, 0.1) is 11.8 Å². The maximum absolute atomic E-state index is 12.7. The SMILES string of the molecule is CNC(=O)C(C(=O)NO)N(C)C(=O)c1ccc(C#Cc2ccc(CNCCC(C)(C)O)cc2)cc1. The number of nitrogens with zero attached hydrogens (tertiary/aromatic N) is 1. The van der Waals surface area contributed by atoms with Crippen LogP contribution in [-0.2, 0) is 16.1 Å². The molecule has 0 saturated heterocycles. The Balaban J connectivity index is 2.00. The normalized spacial score (nSPS) is 11.6. The van der Waals surface area contributed by atoms with Gasteiger partial charge >= 0.3 is 0 Å². The highest BCUT2D eigenvalue weighted by Gasteiger charge is 2.33. The average molecular weight is 481 g/mol. The third kappa shape index (κ3) is 8.54. The van der Waals surface area contributed by atoms with Crippen LogP contribution in [0.5, 0.6) is 0 Å². The quantitative estimate of drug-likeness (QED) is 0.120. The first-order valence-electron chi connectivity index (χ1n) is 11.1. The lowest BCUT2D eigenvalue weighted by atomic mass is 10.1. The topological polar surface area (TPSA) is 131 Å². The number of amides is 3. The highest BCUT2D eigenvalue weighted by atomic mass is 16.5. The molecule has 9 nitrogen and oxygen atoms in total. The Hall–Kier alpha value is -3.71. The van der Waals surface area contributed by atoms with E-state index in [9.17, 15) is 19.5 Å². The Bertz CT molecular complexity index is 1060. The predicted octanol–water partition coefficient (Wildman–Crippen LogP) is 1.03. The van der Waals surface area contributed by atoms with Crippen molar-refractivity contribution >= 4 is 17.7 Å². The van der Waals surface area contributed by atoms with Crippen LogP contribution in [0.25, 0.3) is 0 Å². The number of rotatable bonds is 9. The van der Waals surface area contributed by atoms with Gasteiger partial charge in [0, 0.05) is 37.3 Å². The van der Waals surface area contributed by atoms with Crippen LogP contribution in [0.3, 0.4) is 0 Å². The van der Waals surface area contributed by atoms with Gasteiger partial charge in [0.2, 0.25) is 0 Å². The van der Waals surface area contributed by atoms with E-state index in [0.29, 0.717) is 18.5 Å². The predicted molar refractivity (Wildman–Crippen MR) is 131 cm³/mol. The molecular formula is C26H32N4O5. The van der Waals surface area contributed by atoms with Gasteiger partial charge < -0.3 is 20.6 Å². The first-order valence-corrected chi connectivity index (χ1v) is 11.1. The number of aliphatic hydroxyl groups is 1. The van der Waals surface area contributed by atoms with Crippen molar-refractivity contribution in [3.05, 3.63) is 70.8 Å². The lowest BCUT2D eigenvalue weighted by Crippen LogP contribution is -2.54. The lowest BCUT2D eigenvalue weighted by molar-refractivity contribution is -0.140. The number of likely N-dealkylation sites (N-methyl/N-ethyl adjacent to an activating group) is 2. The van der Waals surface area contributed by atoms with Gasteiger partial charge in [-0.25, -0.2) is 5.48 Å². The van der Waals surface area contributed by atoms with Crippen LogP contribution in [0.1, 0.15) is 47.3 Å². The fourth-order valence-electron chi connectivity index (χ4n) is 3.16. The molecule has 0 radical (unpaired) electrons. The summed E-state index contributed by atoms with van der Waals surface area (Å²) in [6.45, 7) is 5.00. The highest BCUT2D eigenvalue weighted by Crippen LogP contribution is 2.10. The molecule has 2 aromatic carbocycles. The van der Waals surface area contributed by atoms with Gasteiger partial charge in [0.15, 0.2) is 6.04 Å². The summed E-state index contributed by atoms with van der Waals surface area (Å²) < 4.78 is 0. The minimum atomic E-state index is -1.52. The molecule has 0 heterocycles. The van der Waals surface area contributed by atoms with Gasteiger partial charge in [-0.05, 0) is 68.8 Å². The second-order valence-electron chi connectivity index (χ2n) is 8.67. The largest absolute Gasteiger partial charge is 0.390 e. The summed E-state index contributed by atoms with van der Waals surface area (Å²) in [5.41, 5.74) is 3.63. The fraction of sp³-hybridized carbons (Fsp3) is 0.346. The maximum atomic E-state index is 12.7. The number of hydrogen-bond donors (Lipinski definition) is 5. The molecule has 1 unspecified atom stereocenters. The van der Waals surface area contributed by atoms with E-state index in [1.54, 1.807) is 38.1 Å². The second kappa shape index (κ2) is 12.7. The summed E-state index contributed by atoms with van der Waals surface area (Å²) in [6.07, 6.45) is 0.671. The van der Waals surface area contributed by atoms with Crippen LogP contribution in [0.2, 0.25) is 0 Å². The van der Waals surface area contributed by atoms with Gasteiger partial charge in [-0.1, -0.05) is 24.0 Å². The van der Waals surface area contributed by atoms with E-state index in [0.717, 1.165) is 22.6 Å². The number of nitrogens with one attached hydrogen (secondary N) is 3. The summed E-state index contributed by atoms with van der Waals surface area (Å²) >= 11 is 0. The molecule has 5 N–H and O–H groups in total. The van der Waals surface area contributed by atoms with E-state index in [1.807, 2.05) is 24.3 Å². The molecule has 2 rings (SSSR count). The molecule has 0 spiro atoms. The number of benzene rings is 2. The maximum Gasteiger partial charge on any atom is 0.275 e. The summed E-state index contributed by atoms with van der Waals surface area (Å²) in [4.78, 5) is 37.5. The van der Waals surface area contributed by atoms with E-state index >= 15 is 0 Å². The van der Waals surface area contributed by atoms with Crippen LogP contribution in [-0.4, -0.2) is 65.2 Å². The summed E-state index contributed by atoms with van der Waals surface area (Å²) in [5, 5.41) is 24.2. The van der Waals surface area contributed by atoms with E-state index in [2.05, 4.69) is 22.5 Å². The van der Waals surface area contributed by atoms with Crippen molar-refractivity contribution in [3.63, 3.8) is 0 Å². The van der Waals surface area contributed by atoms with Gasteiger partial charge in [0.1, 0.15) is 0 Å². The van der Waals surface area contributed by atoms with Crippen molar-refractivity contribution in [1.82, 2.24) is 21.0 Å². The number of carbonyl (C=O) groups is 3. The number of hydroxylamine groups is 1. The zero-order valence-corrected chi connectivity index (χ0v) is 20.4. The molecule has 0 aliphatic carbocycles. The van der Waals surface area contributed by atoms with Crippen molar-refractivity contribution in [2.75, 3.05) is 20.6 Å². The molecule has 186 valence electrons. The molecule has 0 aromatic heterocycles. The van der Waals surface area contributed by atoms with Gasteiger partial charge in [-0.2, -0.15) is 0 Å². The Morgan fingerprint density at radius 3 is 2.00 bits per heavy atom. The van der Waals surface area contributed by atoms with E-state index in [4.69, 9.17) is 5.21 Å². The summed E-state index contributed by atoms with van der Waals surface area (Å²) in [7, 11) is 2.63. The van der Waals surface area contributed by atoms with Crippen LogP contribution in [0.4, 0.5) is 0 Å². The smallest absolute Gasteiger partial charge is 0.275 e. The highest BCUT2D eigenvalue weighted by molar-refractivity contribution is 6.08. The van der Waals surface area contributed by atoms with Crippen molar-refractivity contribution in [3.8, 4) is 11.8 Å². The minimum Gasteiger partial charge on any atom is -0.390 e. The van der Waals surface area contributed by atoms with Crippen LogP contribution < -0.4 is 16.1 Å². The standard InChI is InChI=1S/C26H32N4O5/c1-26(2,34)15-16-28-17-20-9-7-18(8-10-20)5-6-19-11-13-21(14-12-19)25(33)30(4)22(23(31)27-3)24(32)29-35/h7-14,22,28,34-35H,15-17H2,1-4H3,(H,27,31)(H,29,32). The monoisotopic (exact) mass is 480 g/mol. The van der Waals surface area contributed by atoms with Crippen LogP contribution >= 0.6 is 0 Å². The molecule has 2 aromatic rings. The van der Waals surface area contributed by atoms with E-state index < -0.39 is 29.4 Å². The fourth-order valence-corrected chi connectivity index (χ4v) is 3.16. The van der Waals surface area contributed by atoms with Crippen molar-refractivity contribution in [1.29, 1.82) is 0 Å². The Morgan fingerprint density at radius 1 is 0.971 bits per heavy atom. The molecular weight excluding hydrogens is 448 g/mol. The van der Waals surface area contributed by atoms with Gasteiger partial charge in [-0.15, -0.1) is 0 Å². The molecule has 0 aliphatic rings. The Labute approximate surface area is 205 Å². The van der Waals surface area contributed by atoms with Crippen LogP contribution in [0.15, 0.2) is 48.5 Å². The third-order valence-corrected chi connectivity index (χ3v) is 5.24. The molecule has 3 amide bonds. The minimum absolute atomic E-state index is 0.263. The van der Waals surface area contributed by atoms with Crippen molar-refractivity contribution < 1.29 is 24.7 Å². The average Bonchev–Trinajstić information content (AvgIpc) is 2.85. The lowest BCUT2D eigenvalue weighted by Gasteiger charge is -2.25. The van der Waals surface area contributed by atoms with Gasteiger partial charge in [0.25, 0.3) is 17.7 Å². The third-order valence-electron chi connectivity index (χ3n) is 5.24. The van der Waals surface area contributed by atoms with E-state index in [-0.39, 0.29) is 5.56 Å². The second-order valence-corrected chi connectivity index (χ2v) is 8.67. The zero-order chi connectivity index (χ0) is 26.0. The Kier molecular flexibility index (Phi) is 9.97. The Morgan fingerprint density at radius 2 is 1.51 bits per heavy atom. The molecule has 0 aliphatic heterocycles. The van der Waals surface area contributed by atoms with Crippen molar-refractivity contribution in [2.24, 2.45) is 0 Å². The first-order chi connectivity index (χ1) is 16.6. The molecule has 0 saturated carbocycles. The number of hydrogen-bond acceptors (Lipinski definition) is 6. The van der Waals surface area contributed by atoms with E-state index in [1.165, 1.54) is 19.6 Å². The van der Waals surface area contributed by atoms with Gasteiger partial charge in [-0.3, -0.25) is 19.6 Å². The molecule has 9 heteroatoms. The summed E-state index contributed by atoms with van der Waals surface area (Å²) in [5.74, 6) is 3.81. The molecule has 35 heavy (non-hydrogen) atoms. The summed E-state index contributed by atoms with van der Waals surface area (Å²) in [6, 6.07) is 12.8. The molecule has 1 atom stereocenters. The zero-order valence-electron chi connectivity index (χ0n) is 20.4. The van der Waals surface area contributed by atoms with Crippen molar-refractivity contribution in [2.45, 2.75) is 38.5 Å². The first kappa shape index (κ1) is 27.5. The number of carbonyl (C=O) groups excluding carboxylic acids is 3.